The average molecular weight is 472 g/mol. The molecule has 3 aromatic rings. The van der Waals surface area contributed by atoms with Crippen molar-refractivity contribution >= 4 is 23.3 Å². The van der Waals surface area contributed by atoms with Gasteiger partial charge in [0, 0.05) is 18.0 Å². The fourth-order valence-corrected chi connectivity index (χ4v) is 3.51. The van der Waals surface area contributed by atoms with Crippen LogP contribution in [-0.4, -0.2) is 28.5 Å². The minimum Gasteiger partial charge on any atom is -0.487 e. The maximum absolute atomic E-state index is 13.0. The number of thiazole rings is 1. The highest BCUT2D eigenvalue weighted by molar-refractivity contribution is 7.09. The van der Waals surface area contributed by atoms with E-state index in [1.54, 1.807) is 24.3 Å². The number of benzene rings is 2. The Morgan fingerprint density at radius 1 is 1.18 bits per heavy atom. The lowest BCUT2D eigenvalue weighted by Gasteiger charge is -2.23. The summed E-state index contributed by atoms with van der Waals surface area (Å²) >= 11 is 1.54. The van der Waals surface area contributed by atoms with E-state index in [4.69, 9.17) is 10.00 Å². The van der Waals surface area contributed by atoms with E-state index < -0.39 is 18.6 Å². The summed E-state index contributed by atoms with van der Waals surface area (Å²) in [7, 11) is 0. The molecule has 33 heavy (non-hydrogen) atoms. The van der Waals surface area contributed by atoms with Gasteiger partial charge in [0.25, 0.3) is 0 Å². The first kappa shape index (κ1) is 24.0. The Bertz CT molecular complexity index is 1150. The molecule has 0 saturated carbocycles. The Morgan fingerprint density at radius 3 is 2.45 bits per heavy atom. The molecule has 9 heteroatoms. The number of carbonyl (C=O) groups excluding carboxylic acids is 1. The molecule has 1 amide bonds. The molecule has 170 valence electrons. The van der Waals surface area contributed by atoms with Crippen LogP contribution in [0.4, 0.5) is 13.2 Å². The minimum atomic E-state index is -4.54. The first-order valence-corrected chi connectivity index (χ1v) is 10.8. The Labute approximate surface area is 193 Å². The summed E-state index contributed by atoms with van der Waals surface area (Å²) in [6, 6.07) is 14.9. The molecule has 0 unspecified atom stereocenters. The monoisotopic (exact) mass is 471 g/mol. The Kier molecular flexibility index (Phi) is 7.85. The minimum absolute atomic E-state index is 0.225. The molecule has 5 nitrogen and oxygen atoms in total. The zero-order valence-electron chi connectivity index (χ0n) is 17.7. The summed E-state index contributed by atoms with van der Waals surface area (Å²) in [6.45, 7) is 0.646. The number of aromatic nitrogens is 1. The lowest BCUT2D eigenvalue weighted by atomic mass is 10.1. The van der Waals surface area contributed by atoms with Crippen molar-refractivity contribution in [1.82, 2.24) is 9.88 Å². The highest BCUT2D eigenvalue weighted by atomic mass is 32.1. The molecule has 0 fully saturated rings. The van der Waals surface area contributed by atoms with Crippen molar-refractivity contribution in [2.45, 2.75) is 26.3 Å². The Hall–Kier alpha value is -3.64. The first-order chi connectivity index (χ1) is 15.7. The van der Waals surface area contributed by atoms with Gasteiger partial charge < -0.3 is 9.64 Å². The maximum Gasteiger partial charge on any atom is 0.406 e. The molecule has 0 aliphatic carbocycles. The van der Waals surface area contributed by atoms with Crippen LogP contribution in [0.2, 0.25) is 0 Å². The standard InChI is InChI=1S/C24H20F3N3O2S/c1-17-29-21(15-33-17)14-32-22-9-6-18(7-10-22)8-11-23(31)30(16-24(25,26)27)13-20-4-2-19(12-28)3-5-20/h2-11,15H,13-14,16H2,1H3. The van der Waals surface area contributed by atoms with Crippen molar-refractivity contribution in [3.05, 3.63) is 87.4 Å². The number of rotatable bonds is 8. The molecule has 2 aromatic carbocycles. The third-order valence-corrected chi connectivity index (χ3v) is 5.31. The molecule has 1 heterocycles. The fourth-order valence-electron chi connectivity index (χ4n) is 2.91. The Balaban J connectivity index is 1.63. The van der Waals surface area contributed by atoms with Crippen molar-refractivity contribution in [2.75, 3.05) is 6.54 Å². The summed E-state index contributed by atoms with van der Waals surface area (Å²) in [5, 5.41) is 11.7. The molecule has 0 bridgehead atoms. The van der Waals surface area contributed by atoms with E-state index in [-0.39, 0.29) is 6.54 Å². The van der Waals surface area contributed by atoms with Crippen LogP contribution in [-0.2, 0) is 17.9 Å². The van der Waals surface area contributed by atoms with Crippen LogP contribution in [0.1, 0.15) is 27.4 Å². The van der Waals surface area contributed by atoms with Crippen molar-refractivity contribution in [3.8, 4) is 11.8 Å². The second-order valence-electron chi connectivity index (χ2n) is 7.17. The molecule has 1 aromatic heterocycles. The molecular formula is C24H20F3N3O2S. The van der Waals surface area contributed by atoms with E-state index in [9.17, 15) is 18.0 Å². The predicted molar refractivity (Wildman–Crippen MR) is 119 cm³/mol. The number of carbonyl (C=O) groups is 1. The number of nitriles is 1. The molecule has 0 N–H and O–H groups in total. The second-order valence-corrected chi connectivity index (χ2v) is 8.23. The zero-order valence-corrected chi connectivity index (χ0v) is 18.5. The summed E-state index contributed by atoms with van der Waals surface area (Å²) in [5.41, 5.74) is 2.36. The normalized spacial score (nSPS) is 11.4. The molecule has 0 aliphatic rings. The maximum atomic E-state index is 13.0. The quantitative estimate of drug-likeness (QED) is 0.407. The SMILES string of the molecule is Cc1nc(COc2ccc(C=CC(=O)N(Cc3ccc(C#N)cc3)CC(F)(F)F)cc2)cs1. The van der Waals surface area contributed by atoms with E-state index in [2.05, 4.69) is 4.98 Å². The number of alkyl halides is 3. The largest absolute Gasteiger partial charge is 0.487 e. The van der Waals surface area contributed by atoms with E-state index >= 15 is 0 Å². The molecular weight excluding hydrogens is 451 g/mol. The third kappa shape index (κ3) is 7.77. The number of ether oxygens (including phenoxy) is 1. The number of aryl methyl sites for hydroxylation is 1. The first-order valence-electron chi connectivity index (χ1n) is 9.88. The van der Waals surface area contributed by atoms with E-state index in [1.165, 1.54) is 41.7 Å². The lowest BCUT2D eigenvalue weighted by Crippen LogP contribution is -2.37. The second kappa shape index (κ2) is 10.8. The number of nitrogens with zero attached hydrogens (tertiary/aromatic N) is 3. The fraction of sp³-hybridized carbons (Fsp3) is 0.208. The smallest absolute Gasteiger partial charge is 0.406 e. The van der Waals surface area contributed by atoms with Crippen molar-refractivity contribution in [2.24, 2.45) is 0 Å². The van der Waals surface area contributed by atoms with Gasteiger partial charge in [-0.15, -0.1) is 11.3 Å². The Morgan fingerprint density at radius 2 is 1.88 bits per heavy atom. The number of halogens is 3. The highest BCUT2D eigenvalue weighted by Gasteiger charge is 2.32. The molecule has 0 aliphatic heterocycles. The van der Waals surface area contributed by atoms with Crippen molar-refractivity contribution < 1.29 is 22.7 Å². The summed E-state index contributed by atoms with van der Waals surface area (Å²) in [5.74, 6) is -0.153. The summed E-state index contributed by atoms with van der Waals surface area (Å²) < 4.78 is 44.7. The van der Waals surface area contributed by atoms with Gasteiger partial charge in [-0.2, -0.15) is 18.4 Å². The van der Waals surface area contributed by atoms with Gasteiger partial charge in [-0.25, -0.2) is 4.98 Å². The van der Waals surface area contributed by atoms with Gasteiger partial charge in [0.15, 0.2) is 0 Å². The van der Waals surface area contributed by atoms with Gasteiger partial charge in [0.05, 0.1) is 22.3 Å². The van der Waals surface area contributed by atoms with E-state index in [1.807, 2.05) is 18.4 Å². The van der Waals surface area contributed by atoms with Crippen molar-refractivity contribution in [3.63, 3.8) is 0 Å². The van der Waals surface area contributed by atoms with Crippen molar-refractivity contribution in [1.29, 1.82) is 5.26 Å². The van der Waals surface area contributed by atoms with Crippen LogP contribution < -0.4 is 4.74 Å². The number of hydrogen-bond donors (Lipinski definition) is 0. The van der Waals surface area contributed by atoms with Gasteiger partial charge in [-0.3, -0.25) is 4.79 Å². The molecule has 0 radical (unpaired) electrons. The predicted octanol–water partition coefficient (Wildman–Crippen LogP) is 5.51. The van der Waals surface area contributed by atoms with Gasteiger partial charge >= 0.3 is 6.18 Å². The topological polar surface area (TPSA) is 66.2 Å². The molecule has 3 rings (SSSR count). The summed E-state index contributed by atoms with van der Waals surface area (Å²) in [6.07, 6.45) is -1.97. The lowest BCUT2D eigenvalue weighted by molar-refractivity contribution is -0.159. The molecule has 0 spiro atoms. The van der Waals surface area contributed by atoms with Crippen LogP contribution in [0.15, 0.2) is 60.0 Å². The number of amides is 1. The van der Waals surface area contributed by atoms with Gasteiger partial charge in [-0.1, -0.05) is 24.3 Å². The molecule has 0 atom stereocenters. The van der Waals surface area contributed by atoms with Gasteiger partial charge in [-0.05, 0) is 48.4 Å². The zero-order chi connectivity index (χ0) is 23.8. The third-order valence-electron chi connectivity index (χ3n) is 4.49. The number of hydrogen-bond acceptors (Lipinski definition) is 5. The average Bonchev–Trinajstić information content (AvgIpc) is 3.21. The van der Waals surface area contributed by atoms with Gasteiger partial charge in [0.1, 0.15) is 18.9 Å². The van der Waals surface area contributed by atoms with Crippen LogP contribution >= 0.6 is 11.3 Å². The van der Waals surface area contributed by atoms with Crippen LogP contribution in [0.5, 0.6) is 5.75 Å². The van der Waals surface area contributed by atoms with Gasteiger partial charge in [0.2, 0.25) is 5.91 Å². The van der Waals surface area contributed by atoms with Crippen LogP contribution in [0, 0.1) is 18.3 Å². The van der Waals surface area contributed by atoms with Crippen LogP contribution in [0.25, 0.3) is 6.08 Å². The molecule has 0 saturated heterocycles. The summed E-state index contributed by atoms with van der Waals surface area (Å²) in [4.78, 5) is 17.5. The van der Waals surface area contributed by atoms with E-state index in [0.29, 0.717) is 33.9 Å². The van der Waals surface area contributed by atoms with E-state index in [0.717, 1.165) is 16.8 Å². The van der Waals surface area contributed by atoms with Crippen LogP contribution in [0.3, 0.4) is 0 Å². The highest BCUT2D eigenvalue weighted by Crippen LogP contribution is 2.20.